The minimum absolute atomic E-state index is 0.0210. The van der Waals surface area contributed by atoms with Crippen LogP contribution in [0.3, 0.4) is 0 Å². The number of hydrogen-bond donors (Lipinski definition) is 0. The summed E-state index contributed by atoms with van der Waals surface area (Å²) >= 11 is 13.5. The highest BCUT2D eigenvalue weighted by Gasteiger charge is 2.19. The zero-order chi connectivity index (χ0) is 22.7. The third kappa shape index (κ3) is 5.13. The monoisotopic (exact) mass is 569 g/mol. The molecule has 0 saturated heterocycles. The van der Waals surface area contributed by atoms with E-state index in [1.807, 2.05) is 26.8 Å². The van der Waals surface area contributed by atoms with Gasteiger partial charge in [-0.15, -0.1) is 0 Å². The molecule has 31 heavy (non-hydrogen) atoms. The van der Waals surface area contributed by atoms with Crippen LogP contribution in [-0.4, -0.2) is 28.6 Å². The van der Waals surface area contributed by atoms with Gasteiger partial charge >= 0.3 is 0 Å². The van der Waals surface area contributed by atoms with E-state index in [1.165, 1.54) is 4.68 Å². The Hall–Kier alpha value is -1.90. The lowest BCUT2D eigenvalue weighted by atomic mass is 10.2. The third-order valence-electron chi connectivity index (χ3n) is 4.63. The normalized spacial score (nSPS) is 12.5. The highest BCUT2D eigenvalue weighted by atomic mass is 79.9. The zero-order valence-corrected chi connectivity index (χ0v) is 21.5. The molecule has 0 unspecified atom stereocenters. The van der Waals surface area contributed by atoms with Crippen LogP contribution in [-0.2, 0) is 0 Å². The van der Waals surface area contributed by atoms with Crippen LogP contribution in [0, 0.1) is 6.92 Å². The molecule has 0 fully saturated rings. The van der Waals surface area contributed by atoms with E-state index < -0.39 is 0 Å². The molecule has 1 heterocycles. The predicted octanol–water partition coefficient (Wildman–Crippen LogP) is 6.34. The van der Waals surface area contributed by atoms with E-state index in [0.29, 0.717) is 49.9 Å². The van der Waals surface area contributed by atoms with Crippen LogP contribution in [0.25, 0.3) is 10.9 Å². The number of halogens is 3. The van der Waals surface area contributed by atoms with Gasteiger partial charge in [0.25, 0.3) is 5.56 Å². The number of fused-ring (bicyclic) bond motifs is 1. The van der Waals surface area contributed by atoms with Gasteiger partial charge in [0.05, 0.1) is 29.8 Å². The van der Waals surface area contributed by atoms with Crippen molar-refractivity contribution in [1.29, 1.82) is 0 Å². The molecule has 1 aromatic heterocycles. The van der Waals surface area contributed by atoms with Crippen molar-refractivity contribution in [1.82, 2.24) is 9.66 Å². The number of hydrogen-bond acceptors (Lipinski definition) is 5. The van der Waals surface area contributed by atoms with E-state index in [-0.39, 0.29) is 11.7 Å². The molecule has 1 atom stereocenters. The lowest BCUT2D eigenvalue weighted by molar-refractivity contribution is 0.203. The van der Waals surface area contributed by atoms with Gasteiger partial charge in [-0.05, 0) is 67.4 Å². The highest BCUT2D eigenvalue weighted by molar-refractivity contribution is 9.10. The molecular formula is C22H22Br2ClN3O3. The summed E-state index contributed by atoms with van der Waals surface area (Å²) in [6.07, 6.45) is 2.36. The molecule has 0 saturated carbocycles. The largest absolute Gasteiger partial charge is 0.490 e. The van der Waals surface area contributed by atoms with E-state index in [9.17, 15) is 4.79 Å². The van der Waals surface area contributed by atoms with Crippen LogP contribution in [0.15, 0.2) is 43.1 Å². The second kappa shape index (κ2) is 10.1. The SMILES string of the molecule is CCOc1cc(C=Nn2c(C)nc3ccc(Br)cc3c2=O)c(Br)c(Cl)c1O[C@@H](C)CC. The standard InChI is InChI=1S/C22H22Br2ClN3O3/c1-5-12(3)31-21-18(30-6-2)9-14(19(24)20(21)25)11-26-28-13(4)27-17-8-7-15(23)10-16(17)22(28)29/h7-12H,5-6H2,1-4H3/t12-/m0/s1. The van der Waals surface area contributed by atoms with Crippen LogP contribution in [0.1, 0.15) is 38.6 Å². The predicted molar refractivity (Wildman–Crippen MR) is 132 cm³/mol. The minimum atomic E-state index is -0.260. The van der Waals surface area contributed by atoms with Gasteiger partial charge in [0.2, 0.25) is 0 Å². The molecule has 0 bridgehead atoms. The summed E-state index contributed by atoms with van der Waals surface area (Å²) < 4.78 is 14.4. The fraction of sp³-hybridized carbons (Fsp3) is 0.318. The van der Waals surface area contributed by atoms with Gasteiger partial charge in [-0.1, -0.05) is 34.5 Å². The maximum atomic E-state index is 13.0. The van der Waals surface area contributed by atoms with Gasteiger partial charge < -0.3 is 9.47 Å². The second-order valence-corrected chi connectivity index (χ2v) is 8.96. The Morgan fingerprint density at radius 3 is 2.71 bits per heavy atom. The maximum absolute atomic E-state index is 13.0. The molecule has 0 aliphatic heterocycles. The van der Waals surface area contributed by atoms with Gasteiger partial charge in [0, 0.05) is 14.5 Å². The van der Waals surface area contributed by atoms with E-state index in [4.69, 9.17) is 21.1 Å². The summed E-state index contributed by atoms with van der Waals surface area (Å²) in [4.78, 5) is 17.4. The molecule has 0 spiro atoms. The van der Waals surface area contributed by atoms with E-state index in [2.05, 4.69) is 41.9 Å². The maximum Gasteiger partial charge on any atom is 0.282 e. The van der Waals surface area contributed by atoms with Crippen LogP contribution < -0.4 is 15.0 Å². The number of ether oxygens (including phenoxy) is 2. The molecule has 0 amide bonds. The summed E-state index contributed by atoms with van der Waals surface area (Å²) in [6, 6.07) is 7.16. The molecule has 0 N–H and O–H groups in total. The number of benzene rings is 2. The first-order valence-electron chi connectivity index (χ1n) is 9.81. The van der Waals surface area contributed by atoms with Crippen LogP contribution in [0.2, 0.25) is 5.02 Å². The van der Waals surface area contributed by atoms with Crippen molar-refractivity contribution in [2.75, 3.05) is 6.61 Å². The number of nitrogens with zero attached hydrogens (tertiary/aromatic N) is 3. The molecule has 9 heteroatoms. The lowest BCUT2D eigenvalue weighted by Gasteiger charge is -2.19. The molecule has 0 aliphatic rings. The molecular weight excluding hydrogens is 550 g/mol. The topological polar surface area (TPSA) is 65.7 Å². The van der Waals surface area contributed by atoms with Crippen molar-refractivity contribution >= 4 is 60.6 Å². The first kappa shape index (κ1) is 23.8. The Morgan fingerprint density at radius 1 is 1.29 bits per heavy atom. The Bertz CT molecular complexity index is 1210. The van der Waals surface area contributed by atoms with Gasteiger partial charge in [0.1, 0.15) is 10.8 Å². The fourth-order valence-corrected chi connectivity index (χ4v) is 3.88. The average molecular weight is 572 g/mol. The van der Waals surface area contributed by atoms with Crippen molar-refractivity contribution < 1.29 is 9.47 Å². The van der Waals surface area contributed by atoms with Crippen molar-refractivity contribution in [3.05, 3.63) is 60.0 Å². The van der Waals surface area contributed by atoms with Crippen molar-refractivity contribution in [3.63, 3.8) is 0 Å². The van der Waals surface area contributed by atoms with Gasteiger partial charge in [0.15, 0.2) is 11.5 Å². The van der Waals surface area contributed by atoms with Crippen LogP contribution in [0.5, 0.6) is 11.5 Å². The van der Waals surface area contributed by atoms with Crippen molar-refractivity contribution in [2.24, 2.45) is 5.10 Å². The summed E-state index contributed by atoms with van der Waals surface area (Å²) in [6.45, 7) is 8.07. The van der Waals surface area contributed by atoms with Gasteiger partial charge in [-0.3, -0.25) is 4.79 Å². The number of rotatable bonds is 7. The lowest BCUT2D eigenvalue weighted by Crippen LogP contribution is -2.20. The molecule has 2 aromatic carbocycles. The Labute approximate surface area is 202 Å². The highest BCUT2D eigenvalue weighted by Crippen LogP contribution is 2.43. The van der Waals surface area contributed by atoms with E-state index in [1.54, 1.807) is 31.3 Å². The quantitative estimate of drug-likeness (QED) is 0.311. The molecule has 3 rings (SSSR count). The summed E-state index contributed by atoms with van der Waals surface area (Å²) in [7, 11) is 0. The number of aryl methyl sites for hydroxylation is 1. The zero-order valence-electron chi connectivity index (χ0n) is 17.6. The van der Waals surface area contributed by atoms with E-state index in [0.717, 1.165) is 10.9 Å². The Kier molecular flexibility index (Phi) is 7.78. The van der Waals surface area contributed by atoms with E-state index >= 15 is 0 Å². The molecule has 164 valence electrons. The summed E-state index contributed by atoms with van der Waals surface area (Å²) in [5.41, 5.74) is 1.00. The van der Waals surface area contributed by atoms with Crippen LogP contribution >= 0.6 is 43.5 Å². The summed E-state index contributed by atoms with van der Waals surface area (Å²) in [5.74, 6) is 1.47. The first-order chi connectivity index (χ1) is 14.8. The molecule has 3 aromatic rings. The fourth-order valence-electron chi connectivity index (χ4n) is 2.87. The van der Waals surface area contributed by atoms with Crippen molar-refractivity contribution in [2.45, 2.75) is 40.2 Å². The van der Waals surface area contributed by atoms with Crippen LogP contribution in [0.4, 0.5) is 0 Å². The Morgan fingerprint density at radius 2 is 2.03 bits per heavy atom. The molecule has 6 nitrogen and oxygen atoms in total. The van der Waals surface area contributed by atoms with Gasteiger partial charge in [-0.25, -0.2) is 4.98 Å². The molecule has 0 aliphatic carbocycles. The second-order valence-electron chi connectivity index (χ2n) is 6.87. The first-order valence-corrected chi connectivity index (χ1v) is 11.8. The van der Waals surface area contributed by atoms with Crippen molar-refractivity contribution in [3.8, 4) is 11.5 Å². The summed E-state index contributed by atoms with van der Waals surface area (Å²) in [5, 5.41) is 5.24. The molecule has 0 radical (unpaired) electrons. The third-order valence-corrected chi connectivity index (χ3v) is 6.57. The Balaban J connectivity index is 2.09. The minimum Gasteiger partial charge on any atom is -0.490 e. The number of aromatic nitrogens is 2. The average Bonchev–Trinajstić information content (AvgIpc) is 2.74. The smallest absolute Gasteiger partial charge is 0.282 e. The van der Waals surface area contributed by atoms with Gasteiger partial charge in [-0.2, -0.15) is 9.78 Å².